The minimum absolute atomic E-state index is 0.219. The van der Waals surface area contributed by atoms with Gasteiger partial charge in [-0.15, -0.1) is 10.2 Å². The van der Waals surface area contributed by atoms with Gasteiger partial charge in [0.25, 0.3) is 5.22 Å². The lowest BCUT2D eigenvalue weighted by molar-refractivity contribution is -0.115. The highest BCUT2D eigenvalue weighted by Crippen LogP contribution is 2.25. The van der Waals surface area contributed by atoms with Gasteiger partial charge < -0.3 is 8.94 Å². The smallest absolute Gasteiger partial charge is 0.277 e. The second kappa shape index (κ2) is 8.18. The van der Waals surface area contributed by atoms with E-state index in [1.807, 2.05) is 18.2 Å². The number of nitrogens with one attached hydrogen (secondary N) is 1. The van der Waals surface area contributed by atoms with E-state index in [2.05, 4.69) is 39.7 Å². The molecular formula is C18H20N4O3S. The molecule has 0 fully saturated rings. The minimum Gasteiger partial charge on any atom is -0.416 e. The van der Waals surface area contributed by atoms with Crippen LogP contribution in [-0.4, -0.2) is 26.5 Å². The molecule has 136 valence electrons. The van der Waals surface area contributed by atoms with Gasteiger partial charge in [-0.05, 0) is 25.3 Å². The van der Waals surface area contributed by atoms with Crippen molar-refractivity contribution in [3.05, 3.63) is 53.5 Å². The second-order valence-electron chi connectivity index (χ2n) is 6.06. The highest BCUT2D eigenvalue weighted by Gasteiger charge is 2.20. The largest absolute Gasteiger partial charge is 0.416 e. The first-order valence-corrected chi connectivity index (χ1v) is 9.17. The topological polar surface area (TPSA) is 94.1 Å². The molecule has 26 heavy (non-hydrogen) atoms. The number of hydrogen-bond acceptors (Lipinski definition) is 7. The molecule has 0 spiro atoms. The summed E-state index contributed by atoms with van der Waals surface area (Å²) >= 11 is 1.21. The van der Waals surface area contributed by atoms with Crippen LogP contribution in [0, 0.1) is 6.92 Å². The number of carbonyl (C=O) groups excluding carboxylic acids is 1. The Balaban J connectivity index is 1.55. The molecule has 0 aliphatic heterocycles. The van der Waals surface area contributed by atoms with E-state index in [-0.39, 0.29) is 11.8 Å². The molecule has 2 aromatic heterocycles. The number of benzene rings is 1. The summed E-state index contributed by atoms with van der Waals surface area (Å²) in [6.07, 6.45) is 0.648. The lowest BCUT2D eigenvalue weighted by atomic mass is 9.98. The van der Waals surface area contributed by atoms with Gasteiger partial charge in [0, 0.05) is 12.5 Å². The standard InChI is InChI=1S/C18H20N4O3S/c1-11(14-7-5-4-6-8-14)9-16-20-21-18(24-16)26-13(3)17(23)19-15-10-12(2)22-25-15/h4-8,10-11,13H,9H2,1-3H3,(H,19,23). The van der Waals surface area contributed by atoms with Gasteiger partial charge in [-0.25, -0.2) is 0 Å². The Bertz CT molecular complexity index is 862. The van der Waals surface area contributed by atoms with Crippen molar-refractivity contribution < 1.29 is 13.7 Å². The van der Waals surface area contributed by atoms with E-state index in [0.717, 1.165) is 0 Å². The Morgan fingerprint density at radius 1 is 1.23 bits per heavy atom. The van der Waals surface area contributed by atoms with Crippen molar-refractivity contribution in [2.24, 2.45) is 0 Å². The van der Waals surface area contributed by atoms with Gasteiger partial charge in [0.2, 0.25) is 17.7 Å². The highest BCUT2D eigenvalue weighted by molar-refractivity contribution is 8.00. The van der Waals surface area contributed by atoms with E-state index in [1.165, 1.54) is 17.3 Å². The Kier molecular flexibility index (Phi) is 5.72. The number of aryl methyl sites for hydroxylation is 1. The summed E-state index contributed by atoms with van der Waals surface area (Å²) in [6.45, 7) is 5.66. The first-order chi connectivity index (χ1) is 12.5. The van der Waals surface area contributed by atoms with Crippen LogP contribution in [0.2, 0.25) is 0 Å². The van der Waals surface area contributed by atoms with Gasteiger partial charge in [0.05, 0.1) is 10.9 Å². The van der Waals surface area contributed by atoms with Crippen molar-refractivity contribution in [2.45, 2.75) is 43.6 Å². The van der Waals surface area contributed by atoms with Crippen molar-refractivity contribution in [3.8, 4) is 0 Å². The summed E-state index contributed by atoms with van der Waals surface area (Å²) in [5.41, 5.74) is 1.92. The third-order valence-corrected chi connectivity index (χ3v) is 4.75. The fraction of sp³-hybridized carbons (Fsp3) is 0.333. The summed E-state index contributed by atoms with van der Waals surface area (Å²) in [7, 11) is 0. The number of anilines is 1. The van der Waals surface area contributed by atoms with Crippen LogP contribution < -0.4 is 5.32 Å². The number of thioether (sulfide) groups is 1. The fourth-order valence-corrected chi connectivity index (χ4v) is 3.08. The SMILES string of the molecule is Cc1cc(NC(=O)C(C)Sc2nnc(CC(C)c3ccccc3)o2)on1. The molecule has 0 aliphatic rings. The summed E-state index contributed by atoms with van der Waals surface area (Å²) in [5, 5.41) is 14.5. The maximum absolute atomic E-state index is 12.2. The summed E-state index contributed by atoms with van der Waals surface area (Å²) in [4.78, 5) is 12.2. The minimum atomic E-state index is -0.416. The molecule has 0 aliphatic carbocycles. The molecule has 2 atom stereocenters. The zero-order chi connectivity index (χ0) is 18.5. The van der Waals surface area contributed by atoms with E-state index >= 15 is 0 Å². The first kappa shape index (κ1) is 18.2. The number of aromatic nitrogens is 3. The van der Waals surface area contributed by atoms with Gasteiger partial charge in [0.1, 0.15) is 0 Å². The monoisotopic (exact) mass is 372 g/mol. The molecule has 2 heterocycles. The highest BCUT2D eigenvalue weighted by atomic mass is 32.2. The average Bonchev–Trinajstić information content (AvgIpc) is 3.24. The van der Waals surface area contributed by atoms with Crippen molar-refractivity contribution in [3.63, 3.8) is 0 Å². The zero-order valence-corrected chi connectivity index (χ0v) is 15.6. The molecule has 7 nitrogen and oxygen atoms in total. The van der Waals surface area contributed by atoms with Gasteiger partial charge >= 0.3 is 0 Å². The number of hydrogen-bond donors (Lipinski definition) is 1. The Hall–Kier alpha value is -2.61. The molecule has 0 saturated heterocycles. The molecule has 0 radical (unpaired) electrons. The number of carbonyl (C=O) groups is 1. The lowest BCUT2D eigenvalue weighted by Gasteiger charge is -2.08. The number of amides is 1. The van der Waals surface area contributed by atoms with Crippen LogP contribution in [0.4, 0.5) is 5.88 Å². The molecule has 0 saturated carbocycles. The van der Waals surface area contributed by atoms with E-state index in [4.69, 9.17) is 8.94 Å². The van der Waals surface area contributed by atoms with Crippen LogP contribution in [0.25, 0.3) is 0 Å². The number of rotatable bonds is 7. The molecule has 1 aromatic carbocycles. The molecule has 1 N–H and O–H groups in total. The van der Waals surface area contributed by atoms with Crippen LogP contribution in [0.15, 0.2) is 50.6 Å². The first-order valence-electron chi connectivity index (χ1n) is 8.29. The van der Waals surface area contributed by atoms with Crippen molar-refractivity contribution >= 4 is 23.6 Å². The quantitative estimate of drug-likeness (QED) is 0.630. The van der Waals surface area contributed by atoms with Crippen LogP contribution in [-0.2, 0) is 11.2 Å². The van der Waals surface area contributed by atoms with Crippen LogP contribution in [0.5, 0.6) is 0 Å². The fourth-order valence-electron chi connectivity index (χ4n) is 2.38. The van der Waals surface area contributed by atoms with Crippen molar-refractivity contribution in [2.75, 3.05) is 5.32 Å². The average molecular weight is 372 g/mol. The summed E-state index contributed by atoms with van der Waals surface area (Å²) < 4.78 is 10.7. The van der Waals surface area contributed by atoms with Gasteiger partial charge in [-0.2, -0.15) is 0 Å². The Morgan fingerprint density at radius 2 is 2.00 bits per heavy atom. The molecule has 3 rings (SSSR count). The maximum Gasteiger partial charge on any atom is 0.277 e. The molecule has 2 unspecified atom stereocenters. The Labute approximate surface area is 155 Å². The molecule has 0 bridgehead atoms. The zero-order valence-electron chi connectivity index (χ0n) is 14.8. The Morgan fingerprint density at radius 3 is 2.69 bits per heavy atom. The second-order valence-corrected chi connectivity index (χ2v) is 7.35. The predicted molar refractivity (Wildman–Crippen MR) is 98.0 cm³/mol. The van der Waals surface area contributed by atoms with Crippen molar-refractivity contribution in [1.82, 2.24) is 15.4 Å². The van der Waals surface area contributed by atoms with Gasteiger partial charge in [0.15, 0.2) is 0 Å². The third kappa shape index (κ3) is 4.72. The van der Waals surface area contributed by atoms with E-state index in [0.29, 0.717) is 29.1 Å². The predicted octanol–water partition coefficient (Wildman–Crippen LogP) is 3.83. The third-order valence-electron chi connectivity index (χ3n) is 3.82. The number of nitrogens with zero attached hydrogens (tertiary/aromatic N) is 3. The summed E-state index contributed by atoms with van der Waals surface area (Å²) in [6, 6.07) is 11.8. The van der Waals surface area contributed by atoms with E-state index in [1.54, 1.807) is 19.9 Å². The molecule has 1 amide bonds. The van der Waals surface area contributed by atoms with Gasteiger partial charge in [-0.1, -0.05) is 54.2 Å². The maximum atomic E-state index is 12.2. The molecule has 3 aromatic rings. The normalized spacial score (nSPS) is 13.3. The van der Waals surface area contributed by atoms with Gasteiger partial charge in [-0.3, -0.25) is 10.1 Å². The van der Waals surface area contributed by atoms with E-state index < -0.39 is 5.25 Å². The summed E-state index contributed by atoms with van der Waals surface area (Å²) in [5.74, 6) is 0.929. The lowest BCUT2D eigenvalue weighted by Crippen LogP contribution is -2.22. The van der Waals surface area contributed by atoms with Crippen molar-refractivity contribution in [1.29, 1.82) is 0 Å². The van der Waals surface area contributed by atoms with E-state index in [9.17, 15) is 4.79 Å². The van der Waals surface area contributed by atoms with Crippen LogP contribution in [0.1, 0.15) is 36.9 Å². The molecule has 8 heteroatoms. The van der Waals surface area contributed by atoms with Crippen LogP contribution >= 0.6 is 11.8 Å². The van der Waals surface area contributed by atoms with Crippen LogP contribution in [0.3, 0.4) is 0 Å². The molecular weight excluding hydrogens is 352 g/mol.